The average Bonchev–Trinajstić information content (AvgIpc) is 2.89. The Hall–Kier alpha value is -1.91. The highest BCUT2D eigenvalue weighted by atomic mass is 16.1. The molecule has 0 radical (unpaired) electrons. The van der Waals surface area contributed by atoms with Crippen molar-refractivity contribution in [3.8, 4) is 5.82 Å². The topological polar surface area (TPSA) is 52.7 Å². The largest absolute Gasteiger partial charge is 0.298 e. The zero-order chi connectivity index (χ0) is 11.1. The van der Waals surface area contributed by atoms with Gasteiger partial charge in [0.2, 0.25) is 0 Å². The lowest BCUT2D eigenvalue weighted by molar-refractivity contribution is 0.112. The summed E-state index contributed by atoms with van der Waals surface area (Å²) in [5.74, 6) is 1.22. The monoisotopic (exact) mass is 216 g/mol. The van der Waals surface area contributed by atoms with Crippen molar-refractivity contribution in [1.82, 2.24) is 19.6 Å². The third kappa shape index (κ3) is 1.44. The maximum absolute atomic E-state index is 10.9. The van der Waals surface area contributed by atoms with E-state index in [1.165, 1.54) is 12.8 Å². The van der Waals surface area contributed by atoms with Gasteiger partial charge in [0.05, 0.1) is 11.3 Å². The maximum Gasteiger partial charge on any atom is 0.185 e. The van der Waals surface area contributed by atoms with Crippen molar-refractivity contribution in [2.24, 2.45) is 7.05 Å². The van der Waals surface area contributed by atoms with Crippen molar-refractivity contribution in [2.45, 2.75) is 18.8 Å². The molecule has 0 aromatic carbocycles. The number of aldehydes is 1. The van der Waals surface area contributed by atoms with Crippen molar-refractivity contribution in [3.05, 3.63) is 29.7 Å². The van der Waals surface area contributed by atoms with Gasteiger partial charge in [-0.2, -0.15) is 10.2 Å². The maximum atomic E-state index is 10.9. The lowest BCUT2D eigenvalue weighted by Crippen LogP contribution is -2.00. The molecule has 2 heterocycles. The molecule has 1 fully saturated rings. The van der Waals surface area contributed by atoms with Crippen LogP contribution in [0.3, 0.4) is 0 Å². The first kappa shape index (κ1) is 9.33. The zero-order valence-electron chi connectivity index (χ0n) is 9.00. The Morgan fingerprint density at radius 3 is 2.94 bits per heavy atom. The Kier molecular flexibility index (Phi) is 1.92. The van der Waals surface area contributed by atoms with Gasteiger partial charge in [0.1, 0.15) is 0 Å². The summed E-state index contributed by atoms with van der Waals surface area (Å²) < 4.78 is 3.30. The minimum absolute atomic E-state index is 0.563. The van der Waals surface area contributed by atoms with Gasteiger partial charge in [-0.05, 0) is 18.9 Å². The third-order valence-corrected chi connectivity index (χ3v) is 2.79. The highest BCUT2D eigenvalue weighted by Gasteiger charge is 2.26. The highest BCUT2D eigenvalue weighted by Crippen LogP contribution is 2.39. The van der Waals surface area contributed by atoms with Gasteiger partial charge in [-0.15, -0.1) is 0 Å². The summed E-state index contributed by atoms with van der Waals surface area (Å²) in [5, 5.41) is 8.68. The average molecular weight is 216 g/mol. The molecule has 0 amide bonds. The highest BCUT2D eigenvalue weighted by molar-refractivity contribution is 5.79. The number of rotatable bonds is 3. The van der Waals surface area contributed by atoms with Crippen LogP contribution in [0, 0.1) is 0 Å². The molecule has 0 N–H and O–H groups in total. The van der Waals surface area contributed by atoms with Crippen molar-refractivity contribution >= 4 is 6.29 Å². The predicted octanol–water partition coefficient (Wildman–Crippen LogP) is 1.30. The molecule has 5 heteroatoms. The van der Waals surface area contributed by atoms with Crippen LogP contribution < -0.4 is 0 Å². The van der Waals surface area contributed by atoms with Crippen LogP contribution in [-0.2, 0) is 7.05 Å². The summed E-state index contributed by atoms with van der Waals surface area (Å²) in [4.78, 5) is 10.9. The van der Waals surface area contributed by atoms with E-state index in [-0.39, 0.29) is 0 Å². The van der Waals surface area contributed by atoms with E-state index in [4.69, 9.17) is 0 Å². The number of aromatic nitrogens is 4. The number of aryl methyl sites for hydroxylation is 1. The quantitative estimate of drug-likeness (QED) is 0.726. The van der Waals surface area contributed by atoms with Gasteiger partial charge >= 0.3 is 0 Å². The molecular formula is C11H12N4O. The van der Waals surface area contributed by atoms with E-state index in [0.29, 0.717) is 17.3 Å². The van der Waals surface area contributed by atoms with E-state index in [9.17, 15) is 4.79 Å². The summed E-state index contributed by atoms with van der Waals surface area (Å²) in [6.07, 6.45) is 6.81. The van der Waals surface area contributed by atoms with Crippen molar-refractivity contribution in [3.63, 3.8) is 0 Å². The Bertz CT molecular complexity index is 536. The van der Waals surface area contributed by atoms with Crippen molar-refractivity contribution < 1.29 is 4.79 Å². The molecule has 82 valence electrons. The number of carbonyl (C=O) groups excluding carboxylic acids is 1. The van der Waals surface area contributed by atoms with Crippen molar-refractivity contribution in [2.75, 3.05) is 0 Å². The molecule has 0 saturated heterocycles. The Morgan fingerprint density at radius 1 is 1.44 bits per heavy atom. The van der Waals surface area contributed by atoms with Gasteiger partial charge in [-0.25, -0.2) is 4.68 Å². The Morgan fingerprint density at radius 2 is 2.25 bits per heavy atom. The second-order valence-electron chi connectivity index (χ2n) is 4.16. The third-order valence-electron chi connectivity index (χ3n) is 2.79. The van der Waals surface area contributed by atoms with Gasteiger partial charge < -0.3 is 0 Å². The molecule has 1 aliphatic rings. The van der Waals surface area contributed by atoms with Crippen LogP contribution >= 0.6 is 0 Å². The molecule has 0 aliphatic heterocycles. The number of nitrogens with zero attached hydrogens (tertiary/aromatic N) is 4. The molecular weight excluding hydrogens is 204 g/mol. The molecule has 0 bridgehead atoms. The molecule has 1 aliphatic carbocycles. The van der Waals surface area contributed by atoms with Gasteiger partial charge in [-0.1, -0.05) is 0 Å². The number of carbonyl (C=O) groups is 1. The van der Waals surface area contributed by atoms with E-state index < -0.39 is 0 Å². The molecule has 0 spiro atoms. The van der Waals surface area contributed by atoms with Crippen LogP contribution in [0.1, 0.15) is 34.8 Å². The van der Waals surface area contributed by atoms with Crippen LogP contribution in [0.5, 0.6) is 0 Å². The second-order valence-corrected chi connectivity index (χ2v) is 4.16. The first-order chi connectivity index (χ1) is 7.78. The molecule has 2 aromatic rings. The smallest absolute Gasteiger partial charge is 0.185 e. The molecule has 3 rings (SSSR count). The molecule has 16 heavy (non-hydrogen) atoms. The zero-order valence-corrected chi connectivity index (χ0v) is 9.00. The van der Waals surface area contributed by atoms with Crippen LogP contribution in [0.15, 0.2) is 18.5 Å². The normalized spacial score (nSPS) is 15.3. The number of hydrogen-bond acceptors (Lipinski definition) is 3. The fraction of sp³-hybridized carbons (Fsp3) is 0.364. The van der Waals surface area contributed by atoms with Gasteiger partial charge in [0.15, 0.2) is 12.1 Å². The molecule has 5 nitrogen and oxygen atoms in total. The van der Waals surface area contributed by atoms with E-state index >= 15 is 0 Å². The molecule has 0 unspecified atom stereocenters. The summed E-state index contributed by atoms with van der Waals surface area (Å²) in [6.45, 7) is 0. The van der Waals surface area contributed by atoms with Gasteiger partial charge in [-0.3, -0.25) is 9.48 Å². The minimum atomic E-state index is 0.563. The summed E-state index contributed by atoms with van der Waals surface area (Å²) >= 11 is 0. The first-order valence-corrected chi connectivity index (χ1v) is 5.32. The summed E-state index contributed by atoms with van der Waals surface area (Å²) in [6, 6.07) is 2.00. The molecule has 1 saturated carbocycles. The van der Waals surface area contributed by atoms with Crippen LogP contribution in [0.25, 0.3) is 5.82 Å². The molecule has 0 atom stereocenters. The van der Waals surface area contributed by atoms with E-state index in [2.05, 4.69) is 10.2 Å². The summed E-state index contributed by atoms with van der Waals surface area (Å²) in [5.41, 5.74) is 1.66. The fourth-order valence-electron chi connectivity index (χ4n) is 1.81. The Labute approximate surface area is 92.7 Å². The molecule has 2 aromatic heterocycles. The minimum Gasteiger partial charge on any atom is -0.298 e. The van der Waals surface area contributed by atoms with Crippen LogP contribution in [0.4, 0.5) is 0 Å². The predicted molar refractivity (Wildman–Crippen MR) is 57.7 cm³/mol. The van der Waals surface area contributed by atoms with Crippen LogP contribution in [-0.4, -0.2) is 25.8 Å². The number of hydrogen-bond donors (Lipinski definition) is 0. The van der Waals surface area contributed by atoms with E-state index in [0.717, 1.165) is 12.0 Å². The first-order valence-electron chi connectivity index (χ1n) is 5.32. The van der Waals surface area contributed by atoms with Crippen LogP contribution in [0.2, 0.25) is 0 Å². The van der Waals surface area contributed by atoms with E-state index in [1.807, 2.05) is 12.3 Å². The summed E-state index contributed by atoms with van der Waals surface area (Å²) in [7, 11) is 1.79. The Balaban J connectivity index is 2.02. The van der Waals surface area contributed by atoms with Crippen molar-refractivity contribution in [1.29, 1.82) is 0 Å². The van der Waals surface area contributed by atoms with Gasteiger partial charge in [0, 0.05) is 25.4 Å². The fourth-order valence-corrected chi connectivity index (χ4v) is 1.81. The second kappa shape index (κ2) is 3.30. The standard InChI is InChI=1S/C11H12N4O/c1-14-6-9(7-16)11(13-14)15-5-4-10(12-15)8-2-3-8/h4-8H,2-3H2,1H3. The van der Waals surface area contributed by atoms with Gasteiger partial charge in [0.25, 0.3) is 0 Å². The SMILES string of the molecule is Cn1cc(C=O)c(-n2ccc(C3CC3)n2)n1. The lowest BCUT2D eigenvalue weighted by Gasteiger charge is -1.96. The lowest BCUT2D eigenvalue weighted by atomic mass is 10.3. The van der Waals surface area contributed by atoms with E-state index in [1.54, 1.807) is 22.6 Å².